The number of carboxylic acids is 1. The number of ether oxygens (including phenoxy) is 2. The highest BCUT2D eigenvalue weighted by molar-refractivity contribution is 6.32. The molecular formula is C29H25ClF3N5O5. The van der Waals surface area contributed by atoms with Gasteiger partial charge in [-0.25, -0.2) is 19.6 Å². The number of alkyl halides is 3. The Bertz CT molecular complexity index is 1640. The number of benzene rings is 2. The molecule has 0 aliphatic carbocycles. The number of carbonyl (C=O) groups excluding carboxylic acids is 1. The Balaban J connectivity index is 1.35. The molecule has 1 aliphatic heterocycles. The van der Waals surface area contributed by atoms with Gasteiger partial charge < -0.3 is 19.5 Å². The molecule has 1 aliphatic rings. The summed E-state index contributed by atoms with van der Waals surface area (Å²) in [5.74, 6) is -1.68. The van der Waals surface area contributed by atoms with Crippen LogP contribution in [-0.4, -0.2) is 62.0 Å². The number of likely N-dealkylation sites (tertiary alicyclic amines) is 1. The Morgan fingerprint density at radius 3 is 2.47 bits per heavy atom. The minimum Gasteiger partial charge on any atom is -0.487 e. The van der Waals surface area contributed by atoms with Gasteiger partial charge in [0.05, 0.1) is 24.0 Å². The lowest BCUT2D eigenvalue weighted by molar-refractivity contribution is -0.143. The van der Waals surface area contributed by atoms with Crippen LogP contribution in [0.1, 0.15) is 45.9 Å². The molecule has 0 atom stereocenters. The molecule has 2 aromatic carbocycles. The van der Waals surface area contributed by atoms with Crippen molar-refractivity contribution in [1.82, 2.24) is 24.6 Å². The number of piperidine rings is 1. The van der Waals surface area contributed by atoms with Crippen LogP contribution in [0.5, 0.6) is 5.75 Å². The number of para-hydroxylation sites is 1. The largest absolute Gasteiger partial charge is 0.487 e. The number of amides is 1. The molecule has 224 valence electrons. The van der Waals surface area contributed by atoms with Crippen molar-refractivity contribution < 1.29 is 37.3 Å². The predicted octanol–water partition coefficient (Wildman–Crippen LogP) is 6.22. The maximum Gasteiger partial charge on any atom is 0.434 e. The van der Waals surface area contributed by atoms with Crippen LogP contribution in [0.25, 0.3) is 17.2 Å². The first kappa shape index (κ1) is 29.8. The maximum atomic E-state index is 13.7. The van der Waals surface area contributed by atoms with Crippen LogP contribution < -0.4 is 4.74 Å². The van der Waals surface area contributed by atoms with Gasteiger partial charge >= 0.3 is 18.2 Å². The number of nitrogens with zero attached hydrogens (tertiary/aromatic N) is 5. The van der Waals surface area contributed by atoms with Crippen LogP contribution >= 0.6 is 11.6 Å². The molecule has 2 aromatic heterocycles. The number of hydrogen-bond donors (Lipinski definition) is 1. The molecule has 3 heterocycles. The lowest BCUT2D eigenvalue weighted by Crippen LogP contribution is -2.37. The van der Waals surface area contributed by atoms with Crippen LogP contribution in [0.4, 0.5) is 18.0 Å². The molecular weight excluding hydrogens is 591 g/mol. The summed E-state index contributed by atoms with van der Waals surface area (Å²) in [7, 11) is 1.37. The molecule has 1 saturated heterocycles. The zero-order valence-corrected chi connectivity index (χ0v) is 23.5. The third-order valence-corrected chi connectivity index (χ3v) is 7.40. The second-order valence-corrected chi connectivity index (χ2v) is 10.1. The normalized spacial score (nSPS) is 14.0. The smallest absolute Gasteiger partial charge is 0.434 e. The number of halogens is 4. The summed E-state index contributed by atoms with van der Waals surface area (Å²) in [6.45, 7) is 1.40. The van der Waals surface area contributed by atoms with E-state index in [1.807, 2.05) is 24.3 Å². The number of aromatic carboxylic acids is 1. The van der Waals surface area contributed by atoms with E-state index in [1.54, 1.807) is 23.1 Å². The van der Waals surface area contributed by atoms with Crippen LogP contribution in [0, 0.1) is 0 Å². The molecule has 0 bridgehead atoms. The minimum atomic E-state index is -5.02. The predicted molar refractivity (Wildman–Crippen MR) is 148 cm³/mol. The lowest BCUT2D eigenvalue weighted by atomic mass is 9.89. The van der Waals surface area contributed by atoms with E-state index in [2.05, 4.69) is 15.1 Å². The summed E-state index contributed by atoms with van der Waals surface area (Å²) in [5, 5.41) is 13.1. The molecule has 1 fully saturated rings. The molecule has 4 aromatic rings. The van der Waals surface area contributed by atoms with E-state index in [0.717, 1.165) is 24.0 Å². The molecule has 0 radical (unpaired) electrons. The maximum absolute atomic E-state index is 13.7. The monoisotopic (exact) mass is 615 g/mol. The van der Waals surface area contributed by atoms with Gasteiger partial charge in [0.15, 0.2) is 5.69 Å². The Hall–Kier alpha value is -4.65. The highest BCUT2D eigenvalue weighted by atomic mass is 35.5. The summed E-state index contributed by atoms with van der Waals surface area (Å²) >= 11 is 6.46. The van der Waals surface area contributed by atoms with Crippen LogP contribution in [0.15, 0.2) is 60.9 Å². The van der Waals surface area contributed by atoms with E-state index >= 15 is 0 Å². The highest BCUT2D eigenvalue weighted by Crippen LogP contribution is 2.37. The van der Waals surface area contributed by atoms with Crippen molar-refractivity contribution in [2.24, 2.45) is 0 Å². The number of aromatic nitrogens is 4. The van der Waals surface area contributed by atoms with Gasteiger partial charge in [-0.1, -0.05) is 41.9 Å². The molecule has 0 saturated carbocycles. The number of hydrogen-bond acceptors (Lipinski definition) is 7. The summed E-state index contributed by atoms with van der Waals surface area (Å²) in [6, 6.07) is 14.3. The van der Waals surface area contributed by atoms with Gasteiger partial charge in [0, 0.05) is 24.8 Å². The van der Waals surface area contributed by atoms with Crippen molar-refractivity contribution in [3.05, 3.63) is 88.3 Å². The van der Waals surface area contributed by atoms with E-state index in [-0.39, 0.29) is 29.2 Å². The number of carboxylic acid groups (broad SMARTS) is 1. The molecule has 43 heavy (non-hydrogen) atoms. The van der Waals surface area contributed by atoms with Crippen molar-refractivity contribution >= 4 is 23.7 Å². The third kappa shape index (κ3) is 6.41. The third-order valence-electron chi connectivity index (χ3n) is 7.11. The Morgan fingerprint density at radius 1 is 1.09 bits per heavy atom. The zero-order chi connectivity index (χ0) is 30.7. The molecule has 5 rings (SSSR count). The number of rotatable bonds is 7. The van der Waals surface area contributed by atoms with E-state index in [1.165, 1.54) is 19.4 Å². The fourth-order valence-corrected chi connectivity index (χ4v) is 5.18. The first-order valence-electron chi connectivity index (χ1n) is 13.1. The fourth-order valence-electron chi connectivity index (χ4n) is 4.95. The molecule has 1 amide bonds. The lowest BCUT2D eigenvalue weighted by Gasteiger charge is -2.31. The van der Waals surface area contributed by atoms with Gasteiger partial charge in [0.25, 0.3) is 5.95 Å². The Kier molecular flexibility index (Phi) is 8.53. The average Bonchev–Trinajstić information content (AvgIpc) is 3.47. The van der Waals surface area contributed by atoms with Crippen LogP contribution in [-0.2, 0) is 17.5 Å². The highest BCUT2D eigenvalue weighted by Gasteiger charge is 2.41. The summed E-state index contributed by atoms with van der Waals surface area (Å²) in [4.78, 5) is 32.9. The van der Waals surface area contributed by atoms with E-state index < -0.39 is 29.4 Å². The minimum absolute atomic E-state index is 0.148. The summed E-state index contributed by atoms with van der Waals surface area (Å²) in [5.41, 5.74) is 0.0739. The summed E-state index contributed by atoms with van der Waals surface area (Å²) in [6.07, 6.45) is -1.85. The Morgan fingerprint density at radius 2 is 1.81 bits per heavy atom. The topological polar surface area (TPSA) is 120 Å². The molecule has 10 nitrogen and oxygen atoms in total. The van der Waals surface area contributed by atoms with Crippen molar-refractivity contribution in [3.63, 3.8) is 0 Å². The molecule has 14 heteroatoms. The van der Waals surface area contributed by atoms with Crippen LogP contribution in [0.3, 0.4) is 0 Å². The van der Waals surface area contributed by atoms with Crippen LogP contribution in [0.2, 0.25) is 5.02 Å². The second kappa shape index (κ2) is 12.3. The standard InChI is InChI=1S/C29H25ClF3N5O5/c1-42-28(41)37-13-10-19(11-14-37)18-7-5-17(6-8-18)16-43-24-20(3-2-4-22(24)30)23-9-12-34-27(36-23)38-25(29(31,32)33)21(15-35-38)26(39)40/h2-9,12,15,19H,10-11,13-14,16H2,1H3,(H,39,40). The van der Waals surface area contributed by atoms with Gasteiger partial charge in [-0.3, -0.25) is 0 Å². The summed E-state index contributed by atoms with van der Waals surface area (Å²) < 4.78 is 52.4. The van der Waals surface area contributed by atoms with Crippen molar-refractivity contribution in [3.8, 4) is 23.0 Å². The Labute approximate surface area is 248 Å². The molecule has 1 N–H and O–H groups in total. The zero-order valence-electron chi connectivity index (χ0n) is 22.7. The quantitative estimate of drug-likeness (QED) is 0.260. The molecule has 0 unspecified atom stereocenters. The molecule has 0 spiro atoms. The first-order chi connectivity index (χ1) is 20.6. The van der Waals surface area contributed by atoms with Crippen molar-refractivity contribution in [2.45, 2.75) is 31.5 Å². The van der Waals surface area contributed by atoms with Gasteiger partial charge in [-0.15, -0.1) is 0 Å². The average molecular weight is 616 g/mol. The first-order valence-corrected chi connectivity index (χ1v) is 13.5. The number of carbonyl (C=O) groups is 2. The van der Waals surface area contributed by atoms with E-state index in [4.69, 9.17) is 21.1 Å². The number of methoxy groups -OCH3 is 1. The van der Waals surface area contributed by atoms with Gasteiger partial charge in [-0.05, 0) is 48.1 Å². The van der Waals surface area contributed by atoms with Crippen molar-refractivity contribution in [2.75, 3.05) is 20.2 Å². The van der Waals surface area contributed by atoms with Crippen molar-refractivity contribution in [1.29, 1.82) is 0 Å². The SMILES string of the molecule is COC(=O)N1CCC(c2ccc(COc3c(Cl)cccc3-c3ccnc(-n4ncc(C(=O)O)c4C(F)(F)F)n3)cc2)CC1. The second-order valence-electron chi connectivity index (χ2n) is 9.74. The van der Waals surface area contributed by atoms with Gasteiger partial charge in [0.1, 0.15) is 17.9 Å². The fraction of sp³-hybridized carbons (Fsp3) is 0.276. The van der Waals surface area contributed by atoms with Gasteiger partial charge in [-0.2, -0.15) is 23.0 Å². The van der Waals surface area contributed by atoms with Gasteiger partial charge in [0.2, 0.25) is 0 Å². The van der Waals surface area contributed by atoms with E-state index in [0.29, 0.717) is 35.4 Å². The van der Waals surface area contributed by atoms with E-state index in [9.17, 15) is 27.9 Å².